The van der Waals surface area contributed by atoms with Crippen LogP contribution in [0.3, 0.4) is 0 Å². The quantitative estimate of drug-likeness (QED) is 0.594. The Balaban J connectivity index is 1.99. The summed E-state index contributed by atoms with van der Waals surface area (Å²) in [5, 5.41) is 24.7. The van der Waals surface area contributed by atoms with E-state index in [1.807, 2.05) is 0 Å². The average molecular weight is 287 g/mol. The third-order valence-corrected chi connectivity index (χ3v) is 2.70. The zero-order valence-corrected chi connectivity index (χ0v) is 10.9. The molecule has 0 radical (unpaired) electrons. The molecule has 0 aromatic heterocycles. The van der Waals surface area contributed by atoms with Crippen LogP contribution in [-0.2, 0) is 6.61 Å². The lowest BCUT2D eigenvalue weighted by molar-refractivity contribution is -0.384. The number of hydrogen-bond donors (Lipinski definition) is 3. The molecule has 0 aliphatic carbocycles. The molecule has 0 saturated carbocycles. The fourth-order valence-electron chi connectivity index (χ4n) is 1.71. The molecule has 0 aliphatic heterocycles. The van der Waals surface area contributed by atoms with E-state index in [2.05, 4.69) is 10.6 Å². The summed E-state index contributed by atoms with van der Waals surface area (Å²) in [5.41, 5.74) is 1.62. The number of hydrogen-bond acceptors (Lipinski definition) is 4. The first-order valence-corrected chi connectivity index (χ1v) is 6.11. The maximum Gasteiger partial charge on any atom is 0.323 e. The van der Waals surface area contributed by atoms with Crippen molar-refractivity contribution in [1.29, 1.82) is 0 Å². The third-order valence-electron chi connectivity index (χ3n) is 2.70. The zero-order chi connectivity index (χ0) is 15.2. The van der Waals surface area contributed by atoms with Gasteiger partial charge in [-0.2, -0.15) is 0 Å². The Labute approximate surface area is 120 Å². The van der Waals surface area contributed by atoms with Crippen molar-refractivity contribution in [3.63, 3.8) is 0 Å². The maximum absolute atomic E-state index is 11.8. The van der Waals surface area contributed by atoms with Gasteiger partial charge < -0.3 is 15.7 Å². The Hall–Kier alpha value is -2.93. The van der Waals surface area contributed by atoms with Crippen LogP contribution in [0.1, 0.15) is 5.56 Å². The molecule has 0 aliphatic rings. The first-order valence-electron chi connectivity index (χ1n) is 6.11. The van der Waals surface area contributed by atoms with Crippen molar-refractivity contribution in [2.75, 3.05) is 10.6 Å². The van der Waals surface area contributed by atoms with Gasteiger partial charge in [-0.1, -0.05) is 12.1 Å². The number of benzene rings is 2. The molecule has 2 aromatic carbocycles. The van der Waals surface area contributed by atoms with E-state index in [1.54, 1.807) is 24.3 Å². The highest BCUT2D eigenvalue weighted by atomic mass is 16.6. The summed E-state index contributed by atoms with van der Waals surface area (Å²) in [6, 6.07) is 11.8. The molecule has 7 heteroatoms. The summed E-state index contributed by atoms with van der Waals surface area (Å²) in [4.78, 5) is 21.8. The van der Waals surface area contributed by atoms with Crippen LogP contribution in [0.4, 0.5) is 21.9 Å². The van der Waals surface area contributed by atoms with Gasteiger partial charge in [0, 0.05) is 23.5 Å². The van der Waals surface area contributed by atoms with E-state index in [9.17, 15) is 14.9 Å². The Morgan fingerprint density at radius 3 is 2.38 bits per heavy atom. The van der Waals surface area contributed by atoms with Gasteiger partial charge in [-0.15, -0.1) is 0 Å². The van der Waals surface area contributed by atoms with E-state index in [0.717, 1.165) is 0 Å². The number of aliphatic hydroxyl groups excluding tert-OH is 1. The van der Waals surface area contributed by atoms with Crippen molar-refractivity contribution in [1.82, 2.24) is 0 Å². The van der Waals surface area contributed by atoms with Gasteiger partial charge in [0.15, 0.2) is 0 Å². The van der Waals surface area contributed by atoms with Crippen LogP contribution in [-0.4, -0.2) is 16.1 Å². The first kappa shape index (κ1) is 14.5. The monoisotopic (exact) mass is 287 g/mol. The molecule has 0 heterocycles. The molecule has 0 atom stereocenters. The number of anilines is 2. The summed E-state index contributed by atoms with van der Waals surface area (Å²) >= 11 is 0. The van der Waals surface area contributed by atoms with E-state index < -0.39 is 11.0 Å². The minimum atomic E-state index is -0.510. The van der Waals surface area contributed by atoms with Crippen LogP contribution in [0.15, 0.2) is 48.5 Å². The van der Waals surface area contributed by atoms with E-state index >= 15 is 0 Å². The van der Waals surface area contributed by atoms with Gasteiger partial charge in [-0.3, -0.25) is 10.1 Å². The molecule has 21 heavy (non-hydrogen) atoms. The number of nitro benzene ring substituents is 1. The molecular weight excluding hydrogens is 274 g/mol. The molecule has 108 valence electrons. The van der Waals surface area contributed by atoms with Gasteiger partial charge in [-0.05, 0) is 29.8 Å². The number of amides is 2. The van der Waals surface area contributed by atoms with Crippen LogP contribution in [0, 0.1) is 10.1 Å². The van der Waals surface area contributed by atoms with E-state index in [0.29, 0.717) is 16.9 Å². The smallest absolute Gasteiger partial charge is 0.323 e. The molecule has 0 bridgehead atoms. The SMILES string of the molecule is O=C(Nc1ccc([N+](=O)[O-])cc1)Nc1cccc(CO)c1. The van der Waals surface area contributed by atoms with Gasteiger partial charge in [-0.25, -0.2) is 4.79 Å². The standard InChI is InChI=1S/C14H13N3O4/c18-9-10-2-1-3-12(8-10)16-14(19)15-11-4-6-13(7-5-11)17(20)21/h1-8,18H,9H2,(H2,15,16,19). The molecule has 2 amide bonds. The number of rotatable bonds is 4. The molecule has 2 aromatic rings. The lowest BCUT2D eigenvalue weighted by Crippen LogP contribution is -2.19. The number of nitrogens with one attached hydrogen (secondary N) is 2. The zero-order valence-electron chi connectivity index (χ0n) is 10.9. The van der Waals surface area contributed by atoms with Crippen molar-refractivity contribution in [3.8, 4) is 0 Å². The largest absolute Gasteiger partial charge is 0.392 e. The third kappa shape index (κ3) is 4.02. The van der Waals surface area contributed by atoms with Crippen molar-refractivity contribution < 1.29 is 14.8 Å². The number of aliphatic hydroxyl groups is 1. The fourth-order valence-corrected chi connectivity index (χ4v) is 1.71. The summed E-state index contributed by atoms with van der Waals surface area (Å²) in [6.07, 6.45) is 0. The molecule has 0 fully saturated rings. The van der Waals surface area contributed by atoms with Crippen molar-refractivity contribution in [3.05, 3.63) is 64.2 Å². The van der Waals surface area contributed by atoms with Gasteiger partial charge in [0.1, 0.15) is 0 Å². The highest BCUT2D eigenvalue weighted by Crippen LogP contribution is 2.16. The lowest BCUT2D eigenvalue weighted by atomic mass is 10.2. The minimum absolute atomic E-state index is 0.0448. The average Bonchev–Trinajstić information content (AvgIpc) is 2.47. The second-order valence-corrected chi connectivity index (χ2v) is 4.24. The normalized spacial score (nSPS) is 9.95. The fraction of sp³-hybridized carbons (Fsp3) is 0.0714. The Morgan fingerprint density at radius 2 is 1.76 bits per heavy atom. The molecule has 0 unspecified atom stereocenters. The van der Waals surface area contributed by atoms with Gasteiger partial charge in [0.05, 0.1) is 11.5 Å². The minimum Gasteiger partial charge on any atom is -0.392 e. The number of carbonyl (C=O) groups excluding carboxylic acids is 1. The summed E-state index contributed by atoms with van der Waals surface area (Å²) < 4.78 is 0. The van der Waals surface area contributed by atoms with Crippen LogP contribution in [0.25, 0.3) is 0 Å². The van der Waals surface area contributed by atoms with Crippen LogP contribution < -0.4 is 10.6 Å². The topological polar surface area (TPSA) is 104 Å². The Morgan fingerprint density at radius 1 is 1.10 bits per heavy atom. The molecule has 0 saturated heterocycles. The summed E-state index contributed by atoms with van der Waals surface area (Å²) in [6.45, 7) is -0.112. The lowest BCUT2D eigenvalue weighted by Gasteiger charge is -2.08. The van der Waals surface area contributed by atoms with E-state index in [4.69, 9.17) is 5.11 Å². The van der Waals surface area contributed by atoms with Gasteiger partial charge in [0.2, 0.25) is 0 Å². The molecule has 0 spiro atoms. The Kier molecular flexibility index (Phi) is 4.47. The first-order chi connectivity index (χ1) is 10.1. The van der Waals surface area contributed by atoms with Crippen molar-refractivity contribution >= 4 is 23.1 Å². The van der Waals surface area contributed by atoms with E-state index in [1.165, 1.54) is 24.3 Å². The predicted octanol–water partition coefficient (Wildman–Crippen LogP) is 2.73. The predicted molar refractivity (Wildman–Crippen MR) is 78.1 cm³/mol. The van der Waals surface area contributed by atoms with Crippen LogP contribution in [0.5, 0.6) is 0 Å². The second-order valence-electron chi connectivity index (χ2n) is 4.24. The van der Waals surface area contributed by atoms with Gasteiger partial charge in [0.25, 0.3) is 5.69 Å². The Bertz CT molecular complexity index is 656. The molecule has 3 N–H and O–H groups in total. The molecule has 2 rings (SSSR count). The van der Waals surface area contributed by atoms with Gasteiger partial charge >= 0.3 is 6.03 Å². The highest BCUT2D eigenvalue weighted by molar-refractivity contribution is 5.99. The molecule has 7 nitrogen and oxygen atoms in total. The number of carbonyl (C=O) groups is 1. The number of urea groups is 1. The van der Waals surface area contributed by atoms with E-state index in [-0.39, 0.29) is 12.3 Å². The van der Waals surface area contributed by atoms with Crippen LogP contribution in [0.2, 0.25) is 0 Å². The number of nitro groups is 1. The highest BCUT2D eigenvalue weighted by Gasteiger charge is 2.06. The molecular formula is C14H13N3O4. The second kappa shape index (κ2) is 6.49. The summed E-state index contributed by atoms with van der Waals surface area (Å²) in [7, 11) is 0. The van der Waals surface area contributed by atoms with Crippen LogP contribution >= 0.6 is 0 Å². The van der Waals surface area contributed by atoms with Crippen molar-refractivity contribution in [2.24, 2.45) is 0 Å². The number of nitrogens with zero attached hydrogens (tertiary/aromatic N) is 1. The number of non-ortho nitro benzene ring substituents is 1. The summed E-state index contributed by atoms with van der Waals surface area (Å²) in [5.74, 6) is 0. The van der Waals surface area contributed by atoms with Crippen molar-refractivity contribution in [2.45, 2.75) is 6.61 Å². The maximum atomic E-state index is 11.8.